The maximum Gasteiger partial charge on any atom is 0.135 e. The van der Waals surface area contributed by atoms with E-state index in [1.165, 1.54) is 0 Å². The largest absolute Gasteiger partial charge is 0.369 e. The summed E-state index contributed by atoms with van der Waals surface area (Å²) in [6.07, 6.45) is 9.47. The van der Waals surface area contributed by atoms with Crippen LogP contribution in [0.15, 0.2) is 12.4 Å². The van der Waals surface area contributed by atoms with Crippen LogP contribution in [0.2, 0.25) is 0 Å². The van der Waals surface area contributed by atoms with Crippen LogP contribution in [0.3, 0.4) is 0 Å². The van der Waals surface area contributed by atoms with Crippen LogP contribution in [0.4, 0.5) is 0 Å². The van der Waals surface area contributed by atoms with Crippen LogP contribution in [-0.4, -0.2) is 41.6 Å². The maximum absolute atomic E-state index is 11.9. The highest BCUT2D eigenvalue weighted by Crippen LogP contribution is 2.10. The Morgan fingerprint density at radius 1 is 0.844 bits per heavy atom. The SMILES string of the molecule is CCC(C)C(=O)CCCCn1cc(COCc2cn(CCCCC(=O)C(C)C)nn2)nn1. The van der Waals surface area contributed by atoms with Crippen molar-refractivity contribution in [2.24, 2.45) is 11.8 Å². The third-order valence-electron chi connectivity index (χ3n) is 5.60. The van der Waals surface area contributed by atoms with E-state index in [2.05, 4.69) is 20.6 Å². The second kappa shape index (κ2) is 13.9. The van der Waals surface area contributed by atoms with Crippen molar-refractivity contribution in [3.8, 4) is 0 Å². The minimum Gasteiger partial charge on any atom is -0.369 e. The Hall–Kier alpha value is -2.42. The van der Waals surface area contributed by atoms with Crippen molar-refractivity contribution in [2.45, 2.75) is 98.9 Å². The molecule has 2 aromatic rings. The van der Waals surface area contributed by atoms with Crippen LogP contribution >= 0.6 is 0 Å². The Labute approximate surface area is 190 Å². The van der Waals surface area contributed by atoms with Crippen LogP contribution in [0.1, 0.15) is 84.0 Å². The molecule has 2 aromatic heterocycles. The lowest BCUT2D eigenvalue weighted by molar-refractivity contribution is -0.123. The number of Topliss-reactive ketones (excluding diaryl/α,β-unsaturated/α-hetero) is 2. The van der Waals surface area contributed by atoms with Gasteiger partial charge in [0.25, 0.3) is 0 Å². The molecule has 0 saturated heterocycles. The molecule has 0 aliphatic rings. The predicted octanol–water partition coefficient (Wildman–Crippen LogP) is 3.77. The van der Waals surface area contributed by atoms with E-state index in [1.807, 2.05) is 40.1 Å². The van der Waals surface area contributed by atoms with Crippen molar-refractivity contribution in [3.63, 3.8) is 0 Å². The first kappa shape index (κ1) is 25.8. The van der Waals surface area contributed by atoms with Crippen molar-refractivity contribution >= 4 is 11.6 Å². The summed E-state index contributed by atoms with van der Waals surface area (Å²) in [5, 5.41) is 16.5. The molecule has 2 rings (SSSR count). The summed E-state index contributed by atoms with van der Waals surface area (Å²) in [6, 6.07) is 0. The molecule has 1 atom stereocenters. The minimum atomic E-state index is 0.108. The summed E-state index contributed by atoms with van der Waals surface area (Å²) < 4.78 is 9.28. The summed E-state index contributed by atoms with van der Waals surface area (Å²) in [6.45, 7) is 10.1. The number of hydrogen-bond acceptors (Lipinski definition) is 7. The molecule has 0 spiro atoms. The fraction of sp³-hybridized carbons (Fsp3) is 0.739. The van der Waals surface area contributed by atoms with Crippen molar-refractivity contribution in [3.05, 3.63) is 23.8 Å². The second-order valence-corrected chi connectivity index (χ2v) is 8.75. The first-order chi connectivity index (χ1) is 15.4. The van der Waals surface area contributed by atoms with Gasteiger partial charge in [0.1, 0.15) is 23.0 Å². The average molecular weight is 447 g/mol. The van der Waals surface area contributed by atoms with Crippen LogP contribution < -0.4 is 0 Å². The van der Waals surface area contributed by atoms with Crippen LogP contribution in [0, 0.1) is 11.8 Å². The van der Waals surface area contributed by atoms with E-state index in [-0.39, 0.29) is 11.8 Å². The average Bonchev–Trinajstić information content (AvgIpc) is 3.42. The third-order valence-corrected chi connectivity index (χ3v) is 5.60. The molecule has 0 saturated carbocycles. The molecule has 1 unspecified atom stereocenters. The fourth-order valence-electron chi connectivity index (χ4n) is 3.20. The normalized spacial score (nSPS) is 12.4. The molecule has 2 heterocycles. The molecule has 0 amide bonds. The number of carbonyl (C=O) groups is 2. The Balaban J connectivity index is 1.60. The lowest BCUT2D eigenvalue weighted by Gasteiger charge is -2.06. The van der Waals surface area contributed by atoms with Gasteiger partial charge in [-0.3, -0.25) is 19.0 Å². The number of hydrogen-bond donors (Lipinski definition) is 0. The lowest BCUT2D eigenvalue weighted by atomic mass is 9.99. The van der Waals surface area contributed by atoms with Gasteiger partial charge < -0.3 is 4.74 Å². The molecule has 0 aromatic carbocycles. The minimum absolute atomic E-state index is 0.108. The van der Waals surface area contributed by atoms with E-state index in [0.29, 0.717) is 37.6 Å². The predicted molar refractivity (Wildman–Crippen MR) is 121 cm³/mol. The first-order valence-corrected chi connectivity index (χ1v) is 11.8. The number of aryl methyl sites for hydroxylation is 2. The summed E-state index contributed by atoms with van der Waals surface area (Å²) in [7, 11) is 0. The molecular formula is C23H38N6O3. The van der Waals surface area contributed by atoms with Gasteiger partial charge in [0.2, 0.25) is 0 Å². The zero-order valence-corrected chi connectivity index (χ0v) is 20.0. The molecule has 0 aliphatic heterocycles. The van der Waals surface area contributed by atoms with Gasteiger partial charge in [-0.05, 0) is 32.1 Å². The number of unbranched alkanes of at least 4 members (excludes halogenated alkanes) is 2. The summed E-state index contributed by atoms with van der Waals surface area (Å²) >= 11 is 0. The van der Waals surface area contributed by atoms with E-state index in [1.54, 1.807) is 9.36 Å². The van der Waals surface area contributed by atoms with Crippen LogP contribution in [0.25, 0.3) is 0 Å². The first-order valence-electron chi connectivity index (χ1n) is 11.8. The fourth-order valence-corrected chi connectivity index (χ4v) is 3.20. The van der Waals surface area contributed by atoms with Gasteiger partial charge in [0.05, 0.1) is 25.6 Å². The van der Waals surface area contributed by atoms with Crippen molar-refractivity contribution in [2.75, 3.05) is 0 Å². The van der Waals surface area contributed by atoms with Crippen molar-refractivity contribution in [1.29, 1.82) is 0 Å². The van der Waals surface area contributed by atoms with Gasteiger partial charge in [-0.15, -0.1) is 10.2 Å². The zero-order valence-electron chi connectivity index (χ0n) is 20.0. The molecule has 0 bridgehead atoms. The van der Waals surface area contributed by atoms with Gasteiger partial charge in [0, 0.05) is 37.8 Å². The number of nitrogens with zero attached hydrogens (tertiary/aromatic N) is 6. The monoisotopic (exact) mass is 446 g/mol. The van der Waals surface area contributed by atoms with Gasteiger partial charge in [-0.2, -0.15) is 0 Å². The van der Waals surface area contributed by atoms with Crippen molar-refractivity contribution in [1.82, 2.24) is 30.0 Å². The number of ketones is 2. The van der Waals surface area contributed by atoms with E-state index in [0.717, 1.165) is 56.6 Å². The third kappa shape index (κ3) is 9.38. The molecule has 9 heteroatoms. The van der Waals surface area contributed by atoms with Gasteiger partial charge >= 0.3 is 0 Å². The molecule has 0 fully saturated rings. The van der Waals surface area contributed by atoms with Crippen LogP contribution in [-0.2, 0) is 40.6 Å². The standard InChI is InChI=1S/C23H38N6O3/c1-5-19(4)23(31)11-7-9-13-29-15-21(25-27-29)17-32-16-20-14-28(26-24-20)12-8-6-10-22(30)18(2)3/h14-15,18-19H,5-13,16-17H2,1-4H3. The summed E-state index contributed by atoms with van der Waals surface area (Å²) in [4.78, 5) is 23.5. The highest BCUT2D eigenvalue weighted by molar-refractivity contribution is 5.80. The van der Waals surface area contributed by atoms with Gasteiger partial charge in [0.15, 0.2) is 0 Å². The molecule has 178 valence electrons. The molecule has 0 radical (unpaired) electrons. The number of rotatable bonds is 17. The highest BCUT2D eigenvalue weighted by Gasteiger charge is 2.10. The zero-order chi connectivity index (χ0) is 23.3. The summed E-state index contributed by atoms with van der Waals surface area (Å²) in [5.74, 6) is 0.925. The molecular weight excluding hydrogens is 408 g/mol. The molecule has 0 aliphatic carbocycles. The molecule has 32 heavy (non-hydrogen) atoms. The Bertz CT molecular complexity index is 829. The maximum atomic E-state index is 11.9. The van der Waals surface area contributed by atoms with Crippen LogP contribution in [0.5, 0.6) is 0 Å². The van der Waals surface area contributed by atoms with Gasteiger partial charge in [-0.25, -0.2) is 0 Å². The van der Waals surface area contributed by atoms with E-state index >= 15 is 0 Å². The Morgan fingerprint density at radius 3 is 1.81 bits per heavy atom. The number of carbonyl (C=O) groups excluding carboxylic acids is 2. The molecule has 0 N–H and O–H groups in total. The smallest absolute Gasteiger partial charge is 0.135 e. The lowest BCUT2D eigenvalue weighted by Crippen LogP contribution is -2.09. The summed E-state index contributed by atoms with van der Waals surface area (Å²) in [5.41, 5.74) is 1.53. The van der Waals surface area contributed by atoms with E-state index in [9.17, 15) is 9.59 Å². The Morgan fingerprint density at radius 2 is 1.34 bits per heavy atom. The van der Waals surface area contributed by atoms with Gasteiger partial charge in [-0.1, -0.05) is 38.1 Å². The second-order valence-electron chi connectivity index (χ2n) is 8.75. The molecule has 9 nitrogen and oxygen atoms in total. The van der Waals surface area contributed by atoms with E-state index in [4.69, 9.17) is 4.74 Å². The van der Waals surface area contributed by atoms with E-state index < -0.39 is 0 Å². The number of aromatic nitrogens is 6. The highest BCUT2D eigenvalue weighted by atomic mass is 16.5. The quantitative estimate of drug-likeness (QED) is 0.341. The Kier molecular flexibility index (Phi) is 11.2. The van der Waals surface area contributed by atoms with Crippen molar-refractivity contribution < 1.29 is 14.3 Å². The topological polar surface area (TPSA) is 105 Å². The number of ether oxygens (including phenoxy) is 1.